The van der Waals surface area contributed by atoms with Crippen molar-refractivity contribution in [3.63, 3.8) is 0 Å². The van der Waals surface area contributed by atoms with E-state index in [4.69, 9.17) is 5.11 Å². The van der Waals surface area contributed by atoms with Gasteiger partial charge in [-0.05, 0) is 6.92 Å². The molecule has 0 spiro atoms. The number of hydrogen-bond acceptors (Lipinski definition) is 6. The van der Waals surface area contributed by atoms with Gasteiger partial charge in [0.15, 0.2) is 5.82 Å². The van der Waals surface area contributed by atoms with Crippen LogP contribution in [0.3, 0.4) is 0 Å². The van der Waals surface area contributed by atoms with E-state index in [0.29, 0.717) is 0 Å². The molecule has 0 aliphatic carbocycles. The predicted octanol–water partition coefficient (Wildman–Crippen LogP) is -0.559. The number of anilines is 1. The van der Waals surface area contributed by atoms with Crippen LogP contribution in [0.25, 0.3) is 0 Å². The van der Waals surface area contributed by atoms with E-state index in [0.717, 1.165) is 4.31 Å². The van der Waals surface area contributed by atoms with Crippen LogP contribution in [0.2, 0.25) is 0 Å². The zero-order valence-electron chi connectivity index (χ0n) is 9.24. The van der Waals surface area contributed by atoms with Gasteiger partial charge in [0, 0.05) is 13.6 Å². The van der Waals surface area contributed by atoms with Crippen molar-refractivity contribution in [2.24, 2.45) is 0 Å². The first-order valence-electron chi connectivity index (χ1n) is 4.57. The number of nitrogens with zero attached hydrogens (tertiary/aromatic N) is 3. The molecule has 0 bridgehead atoms. The molecule has 1 aromatic rings. The molecule has 0 aliphatic rings. The normalized spacial score (nSPS) is 11.7. The quantitative estimate of drug-likeness (QED) is 0.705. The summed E-state index contributed by atoms with van der Waals surface area (Å²) < 4.78 is 30.7. The Hall–Kier alpha value is -1.68. The van der Waals surface area contributed by atoms with Gasteiger partial charge >= 0.3 is 22.2 Å². The van der Waals surface area contributed by atoms with E-state index < -0.39 is 16.2 Å². The van der Waals surface area contributed by atoms with Gasteiger partial charge in [0.05, 0.1) is 6.42 Å². The highest BCUT2D eigenvalue weighted by Gasteiger charge is 2.20. The Morgan fingerprint density at radius 2 is 2.24 bits per heavy atom. The van der Waals surface area contributed by atoms with Crippen LogP contribution in [0.15, 0.2) is 4.52 Å². The summed E-state index contributed by atoms with van der Waals surface area (Å²) in [7, 11) is -2.63. The van der Waals surface area contributed by atoms with E-state index >= 15 is 0 Å². The van der Waals surface area contributed by atoms with Gasteiger partial charge in [0.1, 0.15) is 0 Å². The van der Waals surface area contributed by atoms with Gasteiger partial charge in [0.25, 0.3) is 0 Å². The fraction of sp³-hybridized carbons (Fsp3) is 0.571. The summed E-state index contributed by atoms with van der Waals surface area (Å²) >= 11 is 0. The molecule has 1 aromatic heterocycles. The van der Waals surface area contributed by atoms with E-state index in [9.17, 15) is 13.2 Å². The topological polar surface area (TPSA) is 126 Å². The molecule has 1 heterocycles. The number of aliphatic carboxylic acids is 1. The number of carbonyl (C=O) groups is 1. The summed E-state index contributed by atoms with van der Waals surface area (Å²) in [6, 6.07) is -0.260. The van der Waals surface area contributed by atoms with E-state index in [2.05, 4.69) is 14.7 Å². The second kappa shape index (κ2) is 5.10. The van der Waals surface area contributed by atoms with E-state index in [1.165, 1.54) is 14.0 Å². The van der Waals surface area contributed by atoms with Crippen LogP contribution in [-0.4, -0.2) is 47.5 Å². The predicted molar refractivity (Wildman–Crippen MR) is 56.5 cm³/mol. The zero-order valence-corrected chi connectivity index (χ0v) is 10.1. The third-order valence-electron chi connectivity index (χ3n) is 1.79. The largest absolute Gasteiger partial charge is 0.481 e. The molecule has 0 unspecified atom stereocenters. The van der Waals surface area contributed by atoms with Crippen molar-refractivity contribution in [1.82, 2.24) is 14.4 Å². The Morgan fingerprint density at radius 3 is 2.71 bits per heavy atom. The number of carboxylic acid groups (broad SMARTS) is 1. The molecule has 9 nitrogen and oxygen atoms in total. The molecule has 10 heteroatoms. The van der Waals surface area contributed by atoms with Crippen molar-refractivity contribution in [3.05, 3.63) is 5.82 Å². The van der Waals surface area contributed by atoms with E-state index in [-0.39, 0.29) is 24.8 Å². The van der Waals surface area contributed by atoms with Gasteiger partial charge in [-0.1, -0.05) is 5.16 Å². The lowest BCUT2D eigenvalue weighted by molar-refractivity contribution is -0.137. The average molecular weight is 264 g/mol. The van der Waals surface area contributed by atoms with Gasteiger partial charge in [-0.15, -0.1) is 0 Å². The molecule has 0 radical (unpaired) electrons. The zero-order chi connectivity index (χ0) is 13.1. The van der Waals surface area contributed by atoms with Gasteiger partial charge in [-0.3, -0.25) is 4.79 Å². The maximum Gasteiger partial charge on any atom is 0.336 e. The van der Waals surface area contributed by atoms with Crippen LogP contribution >= 0.6 is 0 Å². The average Bonchev–Trinajstić information content (AvgIpc) is 2.59. The minimum atomic E-state index is -3.87. The summed E-state index contributed by atoms with van der Waals surface area (Å²) in [4.78, 5) is 14.0. The number of hydrogen-bond donors (Lipinski definition) is 2. The first-order valence-corrected chi connectivity index (χ1v) is 6.01. The third kappa shape index (κ3) is 4.00. The van der Waals surface area contributed by atoms with Crippen molar-refractivity contribution in [3.8, 4) is 0 Å². The Morgan fingerprint density at radius 1 is 1.59 bits per heavy atom. The lowest BCUT2D eigenvalue weighted by Gasteiger charge is -2.14. The van der Waals surface area contributed by atoms with Crippen LogP contribution in [-0.2, 0) is 15.0 Å². The van der Waals surface area contributed by atoms with Crippen molar-refractivity contribution < 1.29 is 22.8 Å². The minimum Gasteiger partial charge on any atom is -0.481 e. The molecule has 0 fully saturated rings. The number of carboxylic acids is 1. The standard InChI is InChI=1S/C7H12N4O5S/c1-5-8-7(16-9-5)10-17(14,15)11(2)4-3-6(12)13/h3-4H2,1-2H3,(H,12,13)(H,8,9,10). The van der Waals surface area contributed by atoms with Crippen molar-refractivity contribution in [2.75, 3.05) is 18.3 Å². The molecule has 0 saturated carbocycles. The first-order chi connectivity index (χ1) is 7.81. The smallest absolute Gasteiger partial charge is 0.336 e. The first kappa shape index (κ1) is 13.4. The minimum absolute atomic E-state index is 0.155. The van der Waals surface area contributed by atoms with Crippen LogP contribution in [0.4, 0.5) is 6.01 Å². The number of aromatic nitrogens is 2. The number of nitrogens with one attached hydrogen (secondary N) is 1. The number of rotatable bonds is 6. The SMILES string of the molecule is Cc1noc(NS(=O)(=O)N(C)CCC(=O)O)n1. The molecule has 0 aliphatic heterocycles. The van der Waals surface area contributed by atoms with E-state index in [1.54, 1.807) is 0 Å². The molecule has 0 atom stereocenters. The lowest BCUT2D eigenvalue weighted by Crippen LogP contribution is -2.34. The van der Waals surface area contributed by atoms with Crippen LogP contribution < -0.4 is 4.72 Å². The van der Waals surface area contributed by atoms with Gasteiger partial charge < -0.3 is 9.63 Å². The van der Waals surface area contributed by atoms with Gasteiger partial charge in [0.2, 0.25) is 0 Å². The van der Waals surface area contributed by atoms with Crippen molar-refractivity contribution in [1.29, 1.82) is 0 Å². The van der Waals surface area contributed by atoms with Crippen molar-refractivity contribution >= 4 is 22.2 Å². The fourth-order valence-corrected chi connectivity index (χ4v) is 1.69. The Kier molecular flexibility index (Phi) is 4.02. The summed E-state index contributed by atoms with van der Waals surface area (Å²) in [5.41, 5.74) is 0. The molecule has 96 valence electrons. The summed E-state index contributed by atoms with van der Waals surface area (Å²) in [5.74, 6) is -0.795. The monoisotopic (exact) mass is 264 g/mol. The summed E-state index contributed by atoms with van der Waals surface area (Å²) in [6.45, 7) is 1.38. The fourth-order valence-electron chi connectivity index (χ4n) is 0.900. The highest BCUT2D eigenvalue weighted by Crippen LogP contribution is 2.07. The molecular weight excluding hydrogens is 252 g/mol. The van der Waals surface area contributed by atoms with Crippen LogP contribution in [0.1, 0.15) is 12.2 Å². The number of aryl methyl sites for hydroxylation is 1. The molecule has 2 N–H and O–H groups in total. The summed E-state index contributed by atoms with van der Waals surface area (Å²) in [6.07, 6.45) is -0.291. The second-order valence-electron chi connectivity index (χ2n) is 3.22. The van der Waals surface area contributed by atoms with E-state index in [1.807, 2.05) is 4.72 Å². The van der Waals surface area contributed by atoms with Gasteiger partial charge in [-0.2, -0.15) is 17.7 Å². The maximum atomic E-state index is 11.6. The molecular formula is C7H12N4O5S. The molecule has 1 rings (SSSR count). The second-order valence-corrected chi connectivity index (χ2v) is 5.00. The Labute approximate surface area is 97.6 Å². The van der Waals surface area contributed by atoms with Crippen LogP contribution in [0, 0.1) is 6.92 Å². The van der Waals surface area contributed by atoms with Crippen molar-refractivity contribution in [2.45, 2.75) is 13.3 Å². The molecule has 0 amide bonds. The molecule has 17 heavy (non-hydrogen) atoms. The molecule has 0 saturated heterocycles. The highest BCUT2D eigenvalue weighted by molar-refractivity contribution is 7.90. The lowest BCUT2D eigenvalue weighted by atomic mass is 10.4. The maximum absolute atomic E-state index is 11.6. The Bertz CT molecular complexity index is 496. The molecule has 0 aromatic carbocycles. The summed E-state index contributed by atoms with van der Waals surface area (Å²) in [5, 5.41) is 11.8. The highest BCUT2D eigenvalue weighted by atomic mass is 32.2. The van der Waals surface area contributed by atoms with Crippen LogP contribution in [0.5, 0.6) is 0 Å². The Balaban J connectivity index is 2.64. The van der Waals surface area contributed by atoms with Gasteiger partial charge in [-0.25, -0.2) is 4.72 Å². The third-order valence-corrected chi connectivity index (χ3v) is 3.23.